The number of halogens is 1. The molecule has 0 saturated heterocycles. The van der Waals surface area contributed by atoms with E-state index < -0.39 is 15.4 Å². The quantitative estimate of drug-likeness (QED) is 0.232. The zero-order valence-corrected chi connectivity index (χ0v) is 26.0. The van der Waals surface area contributed by atoms with Crippen LogP contribution in [0.5, 0.6) is 0 Å². The average Bonchev–Trinajstić information content (AvgIpc) is 3.17. The van der Waals surface area contributed by atoms with Crippen LogP contribution in [-0.2, 0) is 15.4 Å². The summed E-state index contributed by atoms with van der Waals surface area (Å²) in [6, 6.07) is 24.8. The van der Waals surface area contributed by atoms with E-state index in [0.717, 1.165) is 38.2 Å². The molecule has 0 aliphatic heterocycles. The largest absolute Gasteiger partial charge is 0.300 e. The minimum Gasteiger partial charge on any atom is -0.300 e. The van der Waals surface area contributed by atoms with Crippen molar-refractivity contribution in [3.8, 4) is 28.8 Å². The van der Waals surface area contributed by atoms with Crippen LogP contribution >= 0.6 is 15.9 Å². The Kier molecular flexibility index (Phi) is 7.89. The molecule has 0 bridgehead atoms. The van der Waals surface area contributed by atoms with Gasteiger partial charge in [0.25, 0.3) is 10.0 Å². The van der Waals surface area contributed by atoms with E-state index in [2.05, 4.69) is 78.6 Å². The molecule has 1 N–H and O–H groups in total. The molecule has 0 radical (unpaired) electrons. The maximum atomic E-state index is 13.8. The van der Waals surface area contributed by atoms with E-state index in [9.17, 15) is 8.42 Å². The Morgan fingerprint density at radius 1 is 0.821 bits per heavy atom. The Balaban J connectivity index is 2.16. The van der Waals surface area contributed by atoms with Gasteiger partial charge in [-0.1, -0.05) is 90.6 Å². The van der Waals surface area contributed by atoms with Crippen molar-refractivity contribution in [2.75, 3.05) is 4.72 Å². The minimum atomic E-state index is -3.90. The molecule has 202 valence electrons. The van der Waals surface area contributed by atoms with Gasteiger partial charge in [-0.3, -0.25) is 4.72 Å². The lowest BCUT2D eigenvalue weighted by molar-refractivity contribution is 0.569. The van der Waals surface area contributed by atoms with Crippen molar-refractivity contribution in [1.29, 1.82) is 0 Å². The van der Waals surface area contributed by atoms with Crippen LogP contribution in [0.3, 0.4) is 0 Å². The highest BCUT2D eigenvalue weighted by atomic mass is 79.9. The van der Waals surface area contributed by atoms with Crippen molar-refractivity contribution >= 4 is 31.6 Å². The van der Waals surface area contributed by atoms with Gasteiger partial charge in [0.1, 0.15) is 5.69 Å². The summed E-state index contributed by atoms with van der Waals surface area (Å²) in [7, 11) is -3.90. The molecular formula is C33H35BrN2O2S. The molecule has 0 unspecified atom stereocenters. The molecule has 0 aliphatic carbocycles. The molecule has 4 nitrogen and oxygen atoms in total. The number of benzene rings is 3. The van der Waals surface area contributed by atoms with Crippen molar-refractivity contribution in [1.82, 2.24) is 4.57 Å². The van der Waals surface area contributed by atoms with Crippen molar-refractivity contribution in [3.05, 3.63) is 100 Å². The summed E-state index contributed by atoms with van der Waals surface area (Å²) in [5.74, 6) is 6.88. The molecule has 4 rings (SSSR count). The second kappa shape index (κ2) is 10.7. The molecule has 0 saturated carbocycles. The fourth-order valence-electron chi connectivity index (χ4n) is 4.40. The summed E-state index contributed by atoms with van der Waals surface area (Å²) in [5.41, 5.74) is 4.98. The number of aromatic nitrogens is 1. The number of hydrogen-bond acceptors (Lipinski definition) is 2. The molecule has 1 aromatic heterocycles. The molecule has 39 heavy (non-hydrogen) atoms. The highest BCUT2D eigenvalue weighted by Gasteiger charge is 2.33. The molecule has 6 heteroatoms. The lowest BCUT2D eigenvalue weighted by Gasteiger charge is -2.22. The van der Waals surface area contributed by atoms with Gasteiger partial charge in [0.2, 0.25) is 0 Å². The fraction of sp³-hybridized carbons (Fsp3) is 0.273. The number of hydrogen-bond donors (Lipinski definition) is 1. The molecule has 0 fully saturated rings. The number of nitrogens with one attached hydrogen (secondary N) is 1. The highest BCUT2D eigenvalue weighted by molar-refractivity contribution is 9.10. The molecule has 0 aliphatic rings. The summed E-state index contributed by atoms with van der Waals surface area (Å²) in [6.07, 6.45) is 0. The van der Waals surface area contributed by atoms with Gasteiger partial charge in [0.15, 0.2) is 0 Å². The van der Waals surface area contributed by atoms with Crippen LogP contribution in [0.1, 0.15) is 58.4 Å². The third-order valence-corrected chi connectivity index (χ3v) is 8.07. The third-order valence-electron chi connectivity index (χ3n) is 6.18. The van der Waals surface area contributed by atoms with Crippen molar-refractivity contribution < 1.29 is 8.42 Å². The first-order valence-corrected chi connectivity index (χ1v) is 15.2. The molecule has 3 aromatic carbocycles. The number of aryl methyl sites for hydroxylation is 1. The maximum absolute atomic E-state index is 13.8. The predicted molar refractivity (Wildman–Crippen MR) is 166 cm³/mol. The van der Waals surface area contributed by atoms with E-state index >= 15 is 0 Å². The van der Waals surface area contributed by atoms with Crippen LogP contribution in [0.4, 0.5) is 5.69 Å². The molecule has 1 heterocycles. The normalized spacial score (nSPS) is 12.1. The Bertz CT molecular complexity index is 1640. The number of nitrogens with zero attached hydrogens (tertiary/aromatic N) is 1. The van der Waals surface area contributed by atoms with Crippen LogP contribution in [0.15, 0.2) is 88.2 Å². The number of anilines is 1. The van der Waals surface area contributed by atoms with E-state index in [1.165, 1.54) is 0 Å². The van der Waals surface area contributed by atoms with Crippen molar-refractivity contribution in [3.63, 3.8) is 0 Å². The Morgan fingerprint density at radius 2 is 1.41 bits per heavy atom. The summed E-state index contributed by atoms with van der Waals surface area (Å²) < 4.78 is 33.7. The first kappa shape index (κ1) is 28.7. The third kappa shape index (κ3) is 6.49. The summed E-state index contributed by atoms with van der Waals surface area (Å²) in [6.45, 7) is 14.4. The van der Waals surface area contributed by atoms with Gasteiger partial charge in [-0.15, -0.1) is 0 Å². The van der Waals surface area contributed by atoms with Gasteiger partial charge in [-0.05, 0) is 75.4 Å². The van der Waals surface area contributed by atoms with Crippen LogP contribution in [0.25, 0.3) is 16.9 Å². The highest BCUT2D eigenvalue weighted by Crippen LogP contribution is 2.45. The van der Waals surface area contributed by atoms with Gasteiger partial charge >= 0.3 is 0 Å². The summed E-state index contributed by atoms with van der Waals surface area (Å²) >= 11 is 3.55. The van der Waals surface area contributed by atoms with Crippen LogP contribution in [-0.4, -0.2) is 13.0 Å². The van der Waals surface area contributed by atoms with Crippen LogP contribution in [0, 0.1) is 24.2 Å². The van der Waals surface area contributed by atoms with E-state index in [-0.39, 0.29) is 10.3 Å². The zero-order chi connectivity index (χ0) is 28.6. The van der Waals surface area contributed by atoms with Gasteiger partial charge < -0.3 is 4.57 Å². The second-order valence-corrected chi connectivity index (χ2v) is 14.4. The van der Waals surface area contributed by atoms with E-state index in [0.29, 0.717) is 5.69 Å². The second-order valence-electron chi connectivity index (χ2n) is 11.8. The first-order valence-electron chi connectivity index (χ1n) is 12.9. The van der Waals surface area contributed by atoms with E-state index in [4.69, 9.17) is 0 Å². The standard InChI is InChI=1S/C33H35BrN2O2S/c1-23-13-19-27(20-14-23)39(37,38)35-30-29(33(5,6)7)28(21-22-32(2,3)4)36(26-17-15-25(34)16-18-26)31(30)24-11-9-8-10-12-24/h8-20,35H,1-7H3. The lowest BCUT2D eigenvalue weighted by Crippen LogP contribution is -2.19. The van der Waals surface area contributed by atoms with Gasteiger partial charge in [-0.2, -0.15) is 0 Å². The van der Waals surface area contributed by atoms with Gasteiger partial charge in [-0.25, -0.2) is 8.42 Å². The lowest BCUT2D eigenvalue weighted by atomic mass is 9.85. The van der Waals surface area contributed by atoms with Gasteiger partial charge in [0, 0.05) is 26.7 Å². The minimum absolute atomic E-state index is 0.214. The number of rotatable bonds is 5. The maximum Gasteiger partial charge on any atom is 0.261 e. The van der Waals surface area contributed by atoms with Crippen molar-refractivity contribution in [2.24, 2.45) is 5.41 Å². The van der Waals surface area contributed by atoms with E-state index in [1.807, 2.05) is 73.7 Å². The average molecular weight is 604 g/mol. The fourth-order valence-corrected chi connectivity index (χ4v) is 5.74. The predicted octanol–water partition coefficient (Wildman–Crippen LogP) is 8.71. The smallest absolute Gasteiger partial charge is 0.261 e. The van der Waals surface area contributed by atoms with E-state index in [1.54, 1.807) is 12.1 Å². The zero-order valence-electron chi connectivity index (χ0n) is 23.6. The van der Waals surface area contributed by atoms with Crippen LogP contribution in [0.2, 0.25) is 0 Å². The Labute approximate surface area is 241 Å². The Hall–Kier alpha value is -3.27. The SMILES string of the molecule is Cc1ccc(S(=O)(=O)Nc2c(C(C)(C)C)c(C#CC(C)(C)C)n(-c3ccc(Br)cc3)c2-c2ccccc2)cc1. The van der Waals surface area contributed by atoms with Gasteiger partial charge in [0.05, 0.1) is 16.3 Å². The summed E-state index contributed by atoms with van der Waals surface area (Å²) in [4.78, 5) is 0.214. The molecule has 4 aromatic rings. The molecule has 0 amide bonds. The monoisotopic (exact) mass is 602 g/mol. The van der Waals surface area contributed by atoms with Crippen molar-refractivity contribution in [2.45, 2.75) is 58.8 Å². The molecule has 0 spiro atoms. The number of sulfonamides is 1. The Morgan fingerprint density at radius 3 is 1.95 bits per heavy atom. The van der Waals surface area contributed by atoms with Crippen LogP contribution < -0.4 is 4.72 Å². The molecule has 0 atom stereocenters. The topological polar surface area (TPSA) is 51.1 Å². The molecular weight excluding hydrogens is 568 g/mol. The first-order chi connectivity index (χ1) is 18.2. The summed E-state index contributed by atoms with van der Waals surface area (Å²) in [5, 5.41) is 0.